The topological polar surface area (TPSA) is 126 Å². The minimum atomic E-state index is -1.07. The van der Waals surface area contributed by atoms with Gasteiger partial charge < -0.3 is 30.0 Å². The lowest BCUT2D eigenvalue weighted by Crippen LogP contribution is -2.40. The molecule has 3 heterocycles. The van der Waals surface area contributed by atoms with Crippen LogP contribution in [0.25, 0.3) is 0 Å². The molecule has 0 aliphatic carbocycles. The molecule has 0 saturated carbocycles. The van der Waals surface area contributed by atoms with Gasteiger partial charge in [-0.2, -0.15) is 0 Å². The van der Waals surface area contributed by atoms with Crippen LogP contribution in [0.2, 0.25) is 0 Å². The zero-order valence-electron chi connectivity index (χ0n) is 19.2. The molecule has 2 aromatic heterocycles. The molecule has 3 aromatic rings. The molecule has 4 rings (SSSR count). The number of carbonyl (C=O) groups excluding carboxylic acids is 2. The van der Waals surface area contributed by atoms with Gasteiger partial charge in [0.05, 0.1) is 32.1 Å². The summed E-state index contributed by atoms with van der Waals surface area (Å²) in [6.45, 7) is 0.964. The molecule has 0 fully saturated rings. The Morgan fingerprint density at radius 2 is 1.72 bits per heavy atom. The number of carbonyl (C=O) groups is 3. The van der Waals surface area contributed by atoms with E-state index in [-0.39, 0.29) is 26.4 Å². The molecule has 10 nitrogen and oxygen atoms in total. The van der Waals surface area contributed by atoms with Crippen LogP contribution in [0.3, 0.4) is 0 Å². The summed E-state index contributed by atoms with van der Waals surface area (Å²) in [6.07, 6.45) is -0.800. The SMILES string of the molecule is O=C(O)CC(NC(=O)NCCOC(=O)N(Cc1cccs1)Cc1cccs1)c1ccc2c(c1)OCO2. The van der Waals surface area contributed by atoms with Crippen molar-refractivity contribution in [3.05, 3.63) is 68.5 Å². The van der Waals surface area contributed by atoms with Gasteiger partial charge in [-0.15, -0.1) is 22.7 Å². The number of aliphatic carboxylic acids is 1. The van der Waals surface area contributed by atoms with Crippen molar-refractivity contribution in [2.45, 2.75) is 25.6 Å². The molecule has 0 spiro atoms. The highest BCUT2D eigenvalue weighted by Gasteiger charge is 2.22. The lowest BCUT2D eigenvalue weighted by Gasteiger charge is -2.21. The van der Waals surface area contributed by atoms with Crippen LogP contribution in [0.15, 0.2) is 53.2 Å². The molecule has 1 atom stereocenters. The summed E-state index contributed by atoms with van der Waals surface area (Å²) in [4.78, 5) is 40.2. The van der Waals surface area contributed by atoms with Crippen molar-refractivity contribution in [1.82, 2.24) is 15.5 Å². The quantitative estimate of drug-likeness (QED) is 0.317. The van der Waals surface area contributed by atoms with E-state index in [0.717, 1.165) is 9.75 Å². The molecule has 1 aromatic carbocycles. The predicted molar refractivity (Wildman–Crippen MR) is 133 cm³/mol. The van der Waals surface area contributed by atoms with Crippen LogP contribution in [-0.2, 0) is 22.6 Å². The van der Waals surface area contributed by atoms with Gasteiger partial charge in [0, 0.05) is 9.75 Å². The van der Waals surface area contributed by atoms with Crippen molar-refractivity contribution < 1.29 is 33.7 Å². The first-order chi connectivity index (χ1) is 17.5. The zero-order valence-corrected chi connectivity index (χ0v) is 20.8. The summed E-state index contributed by atoms with van der Waals surface area (Å²) in [5.74, 6) is -0.0126. The number of fused-ring (bicyclic) bond motifs is 1. The van der Waals surface area contributed by atoms with Gasteiger partial charge >= 0.3 is 18.1 Å². The Hall–Kier alpha value is -3.77. The minimum absolute atomic E-state index is 0.0365. The fraction of sp³-hybridized carbons (Fsp3) is 0.292. The second-order valence-electron chi connectivity index (χ2n) is 7.79. The molecule has 12 heteroatoms. The number of hydrogen-bond acceptors (Lipinski definition) is 8. The third-order valence-electron chi connectivity index (χ3n) is 5.21. The molecule has 0 radical (unpaired) electrons. The highest BCUT2D eigenvalue weighted by molar-refractivity contribution is 7.10. The maximum Gasteiger partial charge on any atom is 0.410 e. The molecular weight excluding hydrogens is 506 g/mol. The van der Waals surface area contributed by atoms with Gasteiger partial charge in [0.2, 0.25) is 6.79 Å². The first-order valence-electron chi connectivity index (χ1n) is 11.1. The number of carboxylic acid groups (broad SMARTS) is 1. The van der Waals surface area contributed by atoms with E-state index in [0.29, 0.717) is 30.2 Å². The van der Waals surface area contributed by atoms with Gasteiger partial charge in [0.15, 0.2) is 11.5 Å². The monoisotopic (exact) mass is 531 g/mol. The van der Waals surface area contributed by atoms with E-state index in [1.54, 1.807) is 45.8 Å². The Morgan fingerprint density at radius 1 is 1.03 bits per heavy atom. The summed E-state index contributed by atoms with van der Waals surface area (Å²) in [5.41, 5.74) is 0.570. The van der Waals surface area contributed by atoms with Crippen LogP contribution in [0.5, 0.6) is 11.5 Å². The van der Waals surface area contributed by atoms with E-state index in [4.69, 9.17) is 14.2 Å². The molecule has 1 aliphatic heterocycles. The van der Waals surface area contributed by atoms with Crippen LogP contribution in [0, 0.1) is 0 Å². The number of carboxylic acids is 1. The number of hydrogen-bond donors (Lipinski definition) is 3. The molecule has 36 heavy (non-hydrogen) atoms. The molecule has 1 unspecified atom stereocenters. The van der Waals surface area contributed by atoms with Gasteiger partial charge in [-0.3, -0.25) is 9.69 Å². The number of nitrogens with zero attached hydrogens (tertiary/aromatic N) is 1. The third kappa shape index (κ3) is 7.12. The van der Waals surface area contributed by atoms with E-state index < -0.39 is 24.1 Å². The average molecular weight is 532 g/mol. The predicted octanol–water partition coefficient (Wildman–Crippen LogP) is 4.19. The van der Waals surface area contributed by atoms with Crippen molar-refractivity contribution in [1.29, 1.82) is 0 Å². The Kier molecular flexibility index (Phi) is 8.63. The Balaban J connectivity index is 1.26. The summed E-state index contributed by atoms with van der Waals surface area (Å²) in [7, 11) is 0. The van der Waals surface area contributed by atoms with Crippen LogP contribution < -0.4 is 20.1 Å². The molecule has 190 valence electrons. The maximum atomic E-state index is 12.7. The number of urea groups is 1. The second kappa shape index (κ2) is 12.3. The van der Waals surface area contributed by atoms with Gasteiger partial charge in [-0.1, -0.05) is 18.2 Å². The maximum absolute atomic E-state index is 12.7. The van der Waals surface area contributed by atoms with E-state index >= 15 is 0 Å². The number of thiophene rings is 2. The first-order valence-corrected chi connectivity index (χ1v) is 12.9. The molecule has 0 bridgehead atoms. The normalized spacial score (nSPS) is 12.6. The van der Waals surface area contributed by atoms with E-state index in [1.807, 2.05) is 35.0 Å². The second-order valence-corrected chi connectivity index (χ2v) is 9.86. The fourth-order valence-electron chi connectivity index (χ4n) is 3.53. The summed E-state index contributed by atoms with van der Waals surface area (Å²) >= 11 is 3.12. The van der Waals surface area contributed by atoms with Gasteiger partial charge in [0.25, 0.3) is 0 Å². The smallest absolute Gasteiger partial charge is 0.410 e. The van der Waals surface area contributed by atoms with Crippen molar-refractivity contribution >= 4 is 40.8 Å². The number of benzene rings is 1. The van der Waals surface area contributed by atoms with Crippen LogP contribution in [-0.4, -0.2) is 48.0 Å². The summed E-state index contributed by atoms with van der Waals surface area (Å²) < 4.78 is 16.0. The number of ether oxygens (including phenoxy) is 3. The van der Waals surface area contributed by atoms with E-state index in [9.17, 15) is 19.5 Å². The molecule has 3 amide bonds. The van der Waals surface area contributed by atoms with Crippen LogP contribution in [0.1, 0.15) is 27.8 Å². The lowest BCUT2D eigenvalue weighted by molar-refractivity contribution is -0.137. The van der Waals surface area contributed by atoms with Crippen molar-refractivity contribution in [2.24, 2.45) is 0 Å². The van der Waals surface area contributed by atoms with Crippen LogP contribution >= 0.6 is 22.7 Å². The van der Waals surface area contributed by atoms with Crippen molar-refractivity contribution in [3.63, 3.8) is 0 Å². The lowest BCUT2D eigenvalue weighted by atomic mass is 10.0. The average Bonchev–Trinajstić information content (AvgIpc) is 3.63. The minimum Gasteiger partial charge on any atom is -0.481 e. The first kappa shape index (κ1) is 25.3. The standard InChI is InChI=1S/C24H25N3O7S2/c28-22(29)12-19(16-5-6-20-21(11-16)34-15-33-20)26-23(30)25-7-8-32-24(31)27(13-17-3-1-9-35-17)14-18-4-2-10-36-18/h1-6,9-11,19H,7-8,12-15H2,(H,28,29)(H2,25,26,30). The highest BCUT2D eigenvalue weighted by atomic mass is 32.1. The summed E-state index contributed by atoms with van der Waals surface area (Å²) in [5, 5.41) is 18.4. The number of rotatable bonds is 11. The fourth-order valence-corrected chi connectivity index (χ4v) is 4.97. The highest BCUT2D eigenvalue weighted by Crippen LogP contribution is 2.34. The van der Waals surface area contributed by atoms with Gasteiger partial charge in [0.1, 0.15) is 6.61 Å². The Labute approximate surface area is 215 Å². The van der Waals surface area contributed by atoms with Gasteiger partial charge in [-0.25, -0.2) is 9.59 Å². The molecular formula is C24H25N3O7S2. The van der Waals surface area contributed by atoms with Gasteiger partial charge in [-0.05, 0) is 40.6 Å². The van der Waals surface area contributed by atoms with E-state index in [2.05, 4.69) is 10.6 Å². The summed E-state index contributed by atoms with van der Waals surface area (Å²) in [6, 6.07) is 11.4. The molecule has 0 saturated heterocycles. The van der Waals surface area contributed by atoms with E-state index in [1.165, 1.54) is 0 Å². The Morgan fingerprint density at radius 3 is 2.36 bits per heavy atom. The third-order valence-corrected chi connectivity index (χ3v) is 6.93. The molecule has 3 N–H and O–H groups in total. The van der Waals surface area contributed by atoms with Crippen molar-refractivity contribution in [3.8, 4) is 11.5 Å². The zero-order chi connectivity index (χ0) is 25.3. The van der Waals surface area contributed by atoms with Crippen LogP contribution in [0.4, 0.5) is 9.59 Å². The largest absolute Gasteiger partial charge is 0.481 e. The number of amides is 3. The molecule has 1 aliphatic rings. The van der Waals surface area contributed by atoms with Crippen molar-refractivity contribution in [2.75, 3.05) is 19.9 Å². The number of nitrogens with one attached hydrogen (secondary N) is 2. The Bertz CT molecular complexity index is 1130.